The molecule has 0 radical (unpaired) electrons. The number of aromatic nitrogens is 1. The molecular formula is C12H13F4N3S. The summed E-state index contributed by atoms with van der Waals surface area (Å²) in [6, 6.07) is 1.69. The highest BCUT2D eigenvalue weighted by atomic mass is 32.1. The summed E-state index contributed by atoms with van der Waals surface area (Å²) < 4.78 is 50.1. The molecule has 3 nitrogen and oxygen atoms in total. The summed E-state index contributed by atoms with van der Waals surface area (Å²) in [5, 5.41) is 2.24. The highest BCUT2D eigenvalue weighted by Crippen LogP contribution is 2.27. The lowest BCUT2D eigenvalue weighted by Gasteiger charge is -2.18. The lowest BCUT2D eigenvalue weighted by atomic mass is 10.1. The minimum Gasteiger partial charge on any atom is -0.389 e. The number of alkyl halides is 4. The lowest BCUT2D eigenvalue weighted by molar-refractivity contribution is -0.117. The maximum atomic E-state index is 12.9. The second-order valence-corrected chi connectivity index (χ2v) is 5.06. The summed E-state index contributed by atoms with van der Waals surface area (Å²) in [4.78, 5) is 4.18. The van der Waals surface area contributed by atoms with Crippen LogP contribution < -0.4 is 11.1 Å². The standard InChI is InChI=1S/C12H13F4N3S/c13-11(14)12(15,16)5-18-10-7(9(17)20)4-6-2-1-3-8(6)19-10/h4,11H,1-3,5H2,(H2,17,20)(H,18,19). The molecule has 1 aliphatic carbocycles. The summed E-state index contributed by atoms with van der Waals surface area (Å²) in [5.41, 5.74) is 7.58. The number of anilines is 1. The molecule has 1 aliphatic rings. The van der Waals surface area contributed by atoms with Gasteiger partial charge in [0.15, 0.2) is 0 Å². The molecule has 0 aromatic carbocycles. The number of hydrogen-bond acceptors (Lipinski definition) is 3. The van der Waals surface area contributed by atoms with E-state index in [9.17, 15) is 17.6 Å². The number of nitrogens with two attached hydrogens (primary N) is 1. The van der Waals surface area contributed by atoms with Gasteiger partial charge >= 0.3 is 12.3 Å². The van der Waals surface area contributed by atoms with Gasteiger partial charge < -0.3 is 11.1 Å². The van der Waals surface area contributed by atoms with E-state index in [1.165, 1.54) is 0 Å². The first kappa shape index (κ1) is 15.0. The van der Waals surface area contributed by atoms with E-state index in [2.05, 4.69) is 10.3 Å². The molecule has 0 atom stereocenters. The summed E-state index contributed by atoms with van der Waals surface area (Å²) in [6.45, 7) is -1.22. The van der Waals surface area contributed by atoms with Crippen molar-refractivity contribution in [3.05, 3.63) is 22.9 Å². The van der Waals surface area contributed by atoms with Gasteiger partial charge in [0.1, 0.15) is 10.8 Å². The molecule has 0 saturated heterocycles. The molecule has 0 fully saturated rings. The number of rotatable bonds is 5. The van der Waals surface area contributed by atoms with E-state index in [1.54, 1.807) is 6.07 Å². The van der Waals surface area contributed by atoms with Crippen LogP contribution in [0.25, 0.3) is 0 Å². The molecule has 0 spiro atoms. The van der Waals surface area contributed by atoms with Crippen LogP contribution in [-0.4, -0.2) is 28.9 Å². The van der Waals surface area contributed by atoms with Crippen molar-refractivity contribution in [1.29, 1.82) is 0 Å². The highest BCUT2D eigenvalue weighted by molar-refractivity contribution is 7.80. The Morgan fingerprint density at radius 1 is 1.45 bits per heavy atom. The first-order valence-corrected chi connectivity index (χ1v) is 6.44. The van der Waals surface area contributed by atoms with Gasteiger partial charge in [-0.1, -0.05) is 12.2 Å². The van der Waals surface area contributed by atoms with Crippen molar-refractivity contribution in [3.63, 3.8) is 0 Å². The van der Waals surface area contributed by atoms with E-state index in [-0.39, 0.29) is 10.8 Å². The van der Waals surface area contributed by atoms with E-state index in [0.717, 1.165) is 30.5 Å². The lowest BCUT2D eigenvalue weighted by Crippen LogP contribution is -2.35. The molecule has 1 aromatic rings. The average Bonchev–Trinajstić information content (AvgIpc) is 2.81. The van der Waals surface area contributed by atoms with Crippen molar-refractivity contribution < 1.29 is 17.6 Å². The van der Waals surface area contributed by atoms with E-state index >= 15 is 0 Å². The fraction of sp³-hybridized carbons (Fsp3) is 0.500. The molecule has 1 heterocycles. The number of nitrogens with zero attached hydrogens (tertiary/aromatic N) is 1. The summed E-state index contributed by atoms with van der Waals surface area (Å²) in [5.74, 6) is -4.09. The average molecular weight is 307 g/mol. The Balaban J connectivity index is 2.25. The minimum absolute atomic E-state index is 0.00457. The van der Waals surface area contributed by atoms with Crippen LogP contribution in [0.4, 0.5) is 23.4 Å². The SMILES string of the molecule is NC(=S)c1cc2c(nc1NCC(F)(F)C(F)F)CCC2. The van der Waals surface area contributed by atoms with E-state index < -0.39 is 18.9 Å². The number of fused-ring (bicyclic) bond motifs is 1. The van der Waals surface area contributed by atoms with E-state index in [1.807, 2.05) is 0 Å². The molecule has 0 amide bonds. The fourth-order valence-electron chi connectivity index (χ4n) is 2.07. The van der Waals surface area contributed by atoms with Crippen LogP contribution in [0.2, 0.25) is 0 Å². The van der Waals surface area contributed by atoms with Crippen molar-refractivity contribution >= 4 is 23.0 Å². The minimum atomic E-state index is -4.13. The molecule has 0 bridgehead atoms. The molecule has 110 valence electrons. The quantitative estimate of drug-likeness (QED) is 0.648. The molecule has 1 aromatic heterocycles. The van der Waals surface area contributed by atoms with Crippen molar-refractivity contribution in [2.45, 2.75) is 31.6 Å². The fourth-order valence-corrected chi connectivity index (χ4v) is 2.23. The summed E-state index contributed by atoms with van der Waals surface area (Å²) in [7, 11) is 0. The van der Waals surface area contributed by atoms with Crippen LogP contribution in [0.3, 0.4) is 0 Å². The zero-order valence-electron chi connectivity index (χ0n) is 10.4. The number of aryl methyl sites for hydroxylation is 2. The van der Waals surface area contributed by atoms with Gasteiger partial charge in [-0.05, 0) is 30.9 Å². The Morgan fingerprint density at radius 3 is 2.75 bits per heavy atom. The Kier molecular flexibility index (Phi) is 4.12. The Labute approximate surface area is 118 Å². The normalized spacial score (nSPS) is 14.4. The highest BCUT2D eigenvalue weighted by Gasteiger charge is 2.40. The summed E-state index contributed by atoms with van der Waals surface area (Å²) in [6.07, 6.45) is -1.27. The summed E-state index contributed by atoms with van der Waals surface area (Å²) >= 11 is 4.84. The number of hydrogen-bond donors (Lipinski definition) is 2. The molecule has 2 rings (SSSR count). The first-order chi connectivity index (χ1) is 9.31. The maximum Gasteiger partial charge on any atom is 0.324 e. The van der Waals surface area contributed by atoms with Crippen LogP contribution in [-0.2, 0) is 12.8 Å². The zero-order chi connectivity index (χ0) is 14.9. The molecular weight excluding hydrogens is 294 g/mol. The third-order valence-corrected chi connectivity index (χ3v) is 3.35. The maximum absolute atomic E-state index is 12.9. The molecule has 3 N–H and O–H groups in total. The van der Waals surface area contributed by atoms with Gasteiger partial charge in [0.25, 0.3) is 0 Å². The van der Waals surface area contributed by atoms with Gasteiger partial charge in [0, 0.05) is 5.69 Å². The third kappa shape index (κ3) is 3.00. The predicted molar refractivity (Wildman–Crippen MR) is 71.6 cm³/mol. The Hall–Kier alpha value is -1.44. The van der Waals surface area contributed by atoms with Gasteiger partial charge in [-0.3, -0.25) is 0 Å². The molecule has 0 unspecified atom stereocenters. The second-order valence-electron chi connectivity index (χ2n) is 4.62. The van der Waals surface area contributed by atoms with Crippen LogP contribution in [0.5, 0.6) is 0 Å². The van der Waals surface area contributed by atoms with Gasteiger partial charge in [0.2, 0.25) is 0 Å². The Bertz CT molecular complexity index is 534. The van der Waals surface area contributed by atoms with Gasteiger partial charge in [-0.15, -0.1) is 0 Å². The first-order valence-electron chi connectivity index (χ1n) is 6.03. The smallest absolute Gasteiger partial charge is 0.324 e. The number of pyridine rings is 1. The van der Waals surface area contributed by atoms with Crippen LogP contribution >= 0.6 is 12.2 Å². The number of thiocarbonyl (C=S) groups is 1. The van der Waals surface area contributed by atoms with Crippen LogP contribution in [0.15, 0.2) is 6.07 Å². The Morgan fingerprint density at radius 2 is 2.15 bits per heavy atom. The van der Waals surface area contributed by atoms with Crippen molar-refractivity contribution in [2.75, 3.05) is 11.9 Å². The van der Waals surface area contributed by atoms with Crippen molar-refractivity contribution in [1.82, 2.24) is 4.98 Å². The van der Waals surface area contributed by atoms with Gasteiger partial charge in [0.05, 0.1) is 12.1 Å². The zero-order valence-corrected chi connectivity index (χ0v) is 11.2. The predicted octanol–water partition coefficient (Wildman–Crippen LogP) is 2.52. The van der Waals surface area contributed by atoms with E-state index in [0.29, 0.717) is 5.56 Å². The third-order valence-electron chi connectivity index (χ3n) is 3.13. The topological polar surface area (TPSA) is 50.9 Å². The molecule has 0 saturated carbocycles. The number of nitrogens with one attached hydrogen (secondary N) is 1. The van der Waals surface area contributed by atoms with Crippen molar-refractivity contribution in [2.24, 2.45) is 5.73 Å². The number of halogens is 4. The molecule has 20 heavy (non-hydrogen) atoms. The monoisotopic (exact) mass is 307 g/mol. The second kappa shape index (κ2) is 5.51. The van der Waals surface area contributed by atoms with Crippen LogP contribution in [0, 0.1) is 0 Å². The van der Waals surface area contributed by atoms with Gasteiger partial charge in [-0.25, -0.2) is 13.8 Å². The van der Waals surface area contributed by atoms with Crippen LogP contribution in [0.1, 0.15) is 23.2 Å². The molecule has 0 aliphatic heterocycles. The molecule has 8 heteroatoms. The largest absolute Gasteiger partial charge is 0.389 e. The van der Waals surface area contributed by atoms with Crippen molar-refractivity contribution in [3.8, 4) is 0 Å². The van der Waals surface area contributed by atoms with E-state index in [4.69, 9.17) is 18.0 Å². The van der Waals surface area contributed by atoms with Gasteiger partial charge in [-0.2, -0.15) is 8.78 Å².